The van der Waals surface area contributed by atoms with E-state index < -0.39 is 6.10 Å². The highest BCUT2D eigenvalue weighted by Crippen LogP contribution is 2.33. The third kappa shape index (κ3) is 3.31. The van der Waals surface area contributed by atoms with Gasteiger partial charge in [-0.25, -0.2) is 0 Å². The molecular weight excluding hydrogens is 348 g/mol. The first-order valence-electron chi connectivity index (χ1n) is 5.83. The summed E-state index contributed by atoms with van der Waals surface area (Å²) >= 11 is 7.01. The van der Waals surface area contributed by atoms with Gasteiger partial charge in [-0.2, -0.15) is 0 Å². The standard InChI is InChI=1S/C13H16Br2O2/c1-8-5-12(15)10(7-11(8)14)13(16)6-9-3-2-4-17-9/h5,7,9,13,16H,2-4,6H2,1H3. The highest BCUT2D eigenvalue weighted by atomic mass is 79.9. The average Bonchev–Trinajstić information content (AvgIpc) is 2.76. The molecule has 17 heavy (non-hydrogen) atoms. The second-order valence-corrected chi connectivity index (χ2v) is 6.22. The van der Waals surface area contributed by atoms with Crippen molar-refractivity contribution in [2.45, 2.75) is 38.4 Å². The second-order valence-electron chi connectivity index (χ2n) is 4.51. The van der Waals surface area contributed by atoms with Crippen molar-refractivity contribution >= 4 is 31.9 Å². The van der Waals surface area contributed by atoms with Crippen LogP contribution in [0.5, 0.6) is 0 Å². The van der Waals surface area contributed by atoms with Gasteiger partial charge in [0.1, 0.15) is 0 Å². The van der Waals surface area contributed by atoms with Crippen LogP contribution < -0.4 is 0 Å². The Morgan fingerprint density at radius 1 is 1.41 bits per heavy atom. The Kier molecular flexibility index (Phi) is 4.64. The monoisotopic (exact) mass is 362 g/mol. The summed E-state index contributed by atoms with van der Waals surface area (Å²) in [5.41, 5.74) is 2.09. The smallest absolute Gasteiger partial charge is 0.0826 e. The molecule has 1 aromatic rings. The van der Waals surface area contributed by atoms with Gasteiger partial charge in [-0.15, -0.1) is 0 Å². The Bertz CT molecular complexity index is 401. The predicted molar refractivity (Wildman–Crippen MR) is 75.1 cm³/mol. The Balaban J connectivity index is 2.12. The highest BCUT2D eigenvalue weighted by molar-refractivity contribution is 9.11. The zero-order chi connectivity index (χ0) is 12.4. The van der Waals surface area contributed by atoms with Crippen molar-refractivity contribution in [1.82, 2.24) is 0 Å². The minimum Gasteiger partial charge on any atom is -0.388 e. The van der Waals surface area contributed by atoms with Crippen LogP contribution in [-0.2, 0) is 4.74 Å². The van der Waals surface area contributed by atoms with Gasteiger partial charge in [0.2, 0.25) is 0 Å². The van der Waals surface area contributed by atoms with E-state index in [4.69, 9.17) is 4.74 Å². The van der Waals surface area contributed by atoms with Crippen molar-refractivity contribution in [3.63, 3.8) is 0 Å². The fourth-order valence-electron chi connectivity index (χ4n) is 2.12. The van der Waals surface area contributed by atoms with E-state index in [2.05, 4.69) is 31.9 Å². The molecule has 0 aliphatic carbocycles. The third-order valence-corrected chi connectivity index (χ3v) is 4.69. The summed E-state index contributed by atoms with van der Waals surface area (Å²) in [4.78, 5) is 0. The summed E-state index contributed by atoms with van der Waals surface area (Å²) < 4.78 is 7.54. The number of aliphatic hydroxyl groups is 1. The molecule has 0 radical (unpaired) electrons. The van der Waals surface area contributed by atoms with Crippen LogP contribution in [0.2, 0.25) is 0 Å². The fourth-order valence-corrected chi connectivity index (χ4v) is 3.21. The second kappa shape index (κ2) is 5.83. The van der Waals surface area contributed by atoms with E-state index in [0.717, 1.165) is 39.5 Å². The molecule has 0 spiro atoms. The number of hydrogen-bond acceptors (Lipinski definition) is 2. The first kappa shape index (κ1) is 13.5. The molecule has 1 saturated heterocycles. The predicted octanol–water partition coefficient (Wildman–Crippen LogP) is 4.12. The molecule has 0 saturated carbocycles. The minimum absolute atomic E-state index is 0.206. The van der Waals surface area contributed by atoms with E-state index in [9.17, 15) is 5.11 Å². The number of aliphatic hydroxyl groups excluding tert-OH is 1. The molecule has 1 aliphatic heterocycles. The Morgan fingerprint density at radius 3 is 2.82 bits per heavy atom. The van der Waals surface area contributed by atoms with Crippen molar-refractivity contribution in [2.24, 2.45) is 0 Å². The SMILES string of the molecule is Cc1cc(Br)c(C(O)CC2CCCO2)cc1Br. The molecule has 2 unspecified atom stereocenters. The number of halogens is 2. The van der Waals surface area contributed by atoms with Crippen molar-refractivity contribution in [1.29, 1.82) is 0 Å². The third-order valence-electron chi connectivity index (χ3n) is 3.15. The topological polar surface area (TPSA) is 29.5 Å². The van der Waals surface area contributed by atoms with Crippen LogP contribution in [0.4, 0.5) is 0 Å². The lowest BCUT2D eigenvalue weighted by atomic mass is 10.0. The van der Waals surface area contributed by atoms with E-state index in [1.54, 1.807) is 0 Å². The fraction of sp³-hybridized carbons (Fsp3) is 0.538. The van der Waals surface area contributed by atoms with Crippen LogP contribution in [-0.4, -0.2) is 17.8 Å². The van der Waals surface area contributed by atoms with E-state index in [-0.39, 0.29) is 6.10 Å². The number of ether oxygens (including phenoxy) is 1. The molecule has 1 heterocycles. The molecule has 1 aliphatic rings. The lowest BCUT2D eigenvalue weighted by Crippen LogP contribution is -2.11. The van der Waals surface area contributed by atoms with Gasteiger partial charge >= 0.3 is 0 Å². The molecule has 1 aromatic carbocycles. The summed E-state index contributed by atoms with van der Waals surface area (Å²) in [7, 11) is 0. The molecular formula is C13H16Br2O2. The van der Waals surface area contributed by atoms with Gasteiger partial charge in [0.25, 0.3) is 0 Å². The van der Waals surface area contributed by atoms with Gasteiger partial charge < -0.3 is 9.84 Å². The zero-order valence-corrected chi connectivity index (χ0v) is 12.9. The zero-order valence-electron chi connectivity index (χ0n) is 9.75. The van der Waals surface area contributed by atoms with E-state index in [1.807, 2.05) is 19.1 Å². The highest BCUT2D eigenvalue weighted by Gasteiger charge is 2.22. The van der Waals surface area contributed by atoms with Gasteiger partial charge in [0.15, 0.2) is 0 Å². The summed E-state index contributed by atoms with van der Waals surface area (Å²) in [5.74, 6) is 0. The van der Waals surface area contributed by atoms with E-state index >= 15 is 0 Å². The molecule has 0 aromatic heterocycles. The van der Waals surface area contributed by atoms with Crippen LogP contribution in [0.3, 0.4) is 0 Å². The largest absolute Gasteiger partial charge is 0.388 e. The Labute approximate surface area is 119 Å². The van der Waals surface area contributed by atoms with Gasteiger partial charge in [0, 0.05) is 22.0 Å². The van der Waals surface area contributed by atoms with Crippen molar-refractivity contribution in [3.8, 4) is 0 Å². The van der Waals surface area contributed by atoms with Crippen molar-refractivity contribution in [3.05, 3.63) is 32.2 Å². The van der Waals surface area contributed by atoms with Crippen molar-refractivity contribution < 1.29 is 9.84 Å². The van der Waals surface area contributed by atoms with E-state index in [1.165, 1.54) is 0 Å². The van der Waals surface area contributed by atoms with Gasteiger partial charge in [-0.3, -0.25) is 0 Å². The first-order valence-corrected chi connectivity index (χ1v) is 7.41. The van der Waals surface area contributed by atoms with Crippen LogP contribution in [0.1, 0.15) is 36.5 Å². The summed E-state index contributed by atoms with van der Waals surface area (Å²) in [5, 5.41) is 10.2. The molecule has 0 amide bonds. The first-order chi connectivity index (χ1) is 8.08. The van der Waals surface area contributed by atoms with Gasteiger partial charge in [-0.1, -0.05) is 31.9 Å². The van der Waals surface area contributed by atoms with Gasteiger partial charge in [0.05, 0.1) is 12.2 Å². The maximum absolute atomic E-state index is 10.2. The number of aryl methyl sites for hydroxylation is 1. The maximum Gasteiger partial charge on any atom is 0.0826 e. The normalized spacial score (nSPS) is 21.8. The number of hydrogen-bond donors (Lipinski definition) is 1. The lowest BCUT2D eigenvalue weighted by molar-refractivity contribution is 0.0532. The molecule has 94 valence electrons. The molecule has 0 bridgehead atoms. The van der Waals surface area contributed by atoms with Crippen LogP contribution in [0, 0.1) is 6.92 Å². The lowest BCUT2D eigenvalue weighted by Gasteiger charge is -2.17. The minimum atomic E-state index is -0.468. The summed E-state index contributed by atoms with van der Waals surface area (Å²) in [6.07, 6.45) is 2.58. The number of benzene rings is 1. The summed E-state index contributed by atoms with van der Waals surface area (Å²) in [6, 6.07) is 4.01. The van der Waals surface area contributed by atoms with Crippen LogP contribution in [0.25, 0.3) is 0 Å². The Hall–Kier alpha value is 0.1000. The van der Waals surface area contributed by atoms with Crippen molar-refractivity contribution in [2.75, 3.05) is 6.61 Å². The molecule has 1 fully saturated rings. The van der Waals surface area contributed by atoms with Gasteiger partial charge in [-0.05, 0) is 43.0 Å². The quantitative estimate of drug-likeness (QED) is 0.875. The van der Waals surface area contributed by atoms with Crippen LogP contribution in [0.15, 0.2) is 21.1 Å². The van der Waals surface area contributed by atoms with E-state index in [0.29, 0.717) is 6.42 Å². The Morgan fingerprint density at radius 2 is 2.18 bits per heavy atom. The molecule has 2 nitrogen and oxygen atoms in total. The molecule has 1 N–H and O–H groups in total. The summed E-state index contributed by atoms with van der Waals surface area (Å²) in [6.45, 7) is 2.86. The van der Waals surface area contributed by atoms with Crippen LogP contribution >= 0.6 is 31.9 Å². The maximum atomic E-state index is 10.2. The molecule has 4 heteroatoms. The molecule has 2 rings (SSSR count). The average molecular weight is 364 g/mol. The number of rotatable bonds is 3. The molecule has 2 atom stereocenters.